The Kier molecular flexibility index (Phi) is 4.53. The normalized spacial score (nSPS) is 10.8. The van der Waals surface area contributed by atoms with Crippen LogP contribution in [0.1, 0.15) is 29.0 Å². The largest absolute Gasteiger partial charge is 0.353 e. The number of fused-ring (bicyclic) bond motifs is 2. The summed E-state index contributed by atoms with van der Waals surface area (Å²) in [4.78, 5) is 27.8. The molecule has 0 bridgehead atoms. The van der Waals surface area contributed by atoms with Gasteiger partial charge < -0.3 is 4.98 Å². The Bertz CT molecular complexity index is 1230. The molecule has 0 atom stereocenters. The van der Waals surface area contributed by atoms with Crippen LogP contribution in [0.5, 0.6) is 0 Å². The smallest absolute Gasteiger partial charge is 0.228 e. The fourth-order valence-corrected chi connectivity index (χ4v) is 3.44. The Morgan fingerprint density at radius 3 is 2.29 bits per heavy atom. The minimum absolute atomic E-state index is 0.0129. The molecule has 2 aliphatic rings. The van der Waals surface area contributed by atoms with Crippen LogP contribution >= 0.6 is 0 Å². The molecule has 2 aromatic carbocycles. The number of aromatic nitrogens is 2. The van der Waals surface area contributed by atoms with Crippen LogP contribution in [-0.2, 0) is 0 Å². The summed E-state index contributed by atoms with van der Waals surface area (Å²) in [5, 5.41) is 0.977. The van der Waals surface area contributed by atoms with Gasteiger partial charge in [0.1, 0.15) is 0 Å². The van der Waals surface area contributed by atoms with Crippen LogP contribution in [-0.4, -0.2) is 21.2 Å². The molecule has 2 aromatic rings. The second-order valence-corrected chi connectivity index (χ2v) is 6.75. The van der Waals surface area contributed by atoms with Crippen molar-refractivity contribution in [2.45, 2.75) is 13.8 Å². The maximum Gasteiger partial charge on any atom is 0.228 e. The quantitative estimate of drug-likeness (QED) is 0.460. The van der Waals surface area contributed by atoms with Gasteiger partial charge in [-0.15, -0.1) is 0 Å². The lowest BCUT2D eigenvalue weighted by molar-refractivity contribution is 0.0940. The molecule has 2 heterocycles. The summed E-state index contributed by atoms with van der Waals surface area (Å²) in [6.45, 7) is 3.11. The van der Waals surface area contributed by atoms with E-state index in [-0.39, 0.29) is 11.7 Å². The summed E-state index contributed by atoms with van der Waals surface area (Å²) in [5.41, 5.74) is 4.92. The maximum absolute atomic E-state index is 12.3. The molecule has 0 aromatic heterocycles. The molecule has 0 fully saturated rings. The van der Waals surface area contributed by atoms with E-state index in [9.17, 15) is 9.59 Å². The van der Waals surface area contributed by atoms with Crippen LogP contribution in [0.2, 0.25) is 0 Å². The van der Waals surface area contributed by atoms with Gasteiger partial charge in [-0.05, 0) is 30.0 Å². The van der Waals surface area contributed by atoms with Crippen LogP contribution in [0.3, 0.4) is 0 Å². The lowest BCUT2D eigenvalue weighted by Gasteiger charge is -2.13. The maximum atomic E-state index is 12.3. The molecule has 4 nitrogen and oxygen atoms in total. The standard InChI is InChI=1S/C24H20N2O2/c1-16(27)20-8-4-5-9-21(20)22-14-13-18-11-12-19-7-3-6-10-24(19)26(17(2)28)15-23(18)25-22/h3-15,25H,1-2H3. The zero-order valence-corrected chi connectivity index (χ0v) is 15.8. The Balaban J connectivity index is 2.04. The number of carbonyl (C=O) groups is 2. The van der Waals surface area contributed by atoms with Crippen molar-refractivity contribution >= 4 is 22.6 Å². The van der Waals surface area contributed by atoms with Crippen LogP contribution in [0.25, 0.3) is 33.4 Å². The number of nitrogens with one attached hydrogen (secondary N) is 1. The molecule has 1 N–H and O–H groups in total. The molecule has 28 heavy (non-hydrogen) atoms. The molecular formula is C24H20N2O2. The van der Waals surface area contributed by atoms with Crippen LogP contribution in [0.15, 0.2) is 79.0 Å². The summed E-state index contributed by atoms with van der Waals surface area (Å²) >= 11 is 0. The second-order valence-electron chi connectivity index (χ2n) is 6.75. The Hall–Kier alpha value is -3.66. The molecule has 4 heteroatoms. The molecule has 0 spiro atoms. The van der Waals surface area contributed by atoms with Gasteiger partial charge in [-0.2, -0.15) is 0 Å². The third-order valence-electron chi connectivity index (χ3n) is 4.84. The topological polar surface area (TPSA) is 54.9 Å². The number of hydrogen-bond acceptors (Lipinski definition) is 2. The van der Waals surface area contributed by atoms with Gasteiger partial charge in [0.25, 0.3) is 0 Å². The van der Waals surface area contributed by atoms with Crippen molar-refractivity contribution in [2.24, 2.45) is 0 Å². The minimum Gasteiger partial charge on any atom is -0.353 e. The van der Waals surface area contributed by atoms with Gasteiger partial charge in [-0.25, -0.2) is 0 Å². The van der Waals surface area contributed by atoms with Crippen molar-refractivity contribution < 1.29 is 9.59 Å². The second kappa shape index (κ2) is 7.16. The molecule has 0 amide bonds. The van der Waals surface area contributed by atoms with E-state index in [0.29, 0.717) is 5.56 Å². The third-order valence-corrected chi connectivity index (χ3v) is 4.84. The van der Waals surface area contributed by atoms with E-state index < -0.39 is 0 Å². The first-order valence-electron chi connectivity index (χ1n) is 9.13. The highest BCUT2D eigenvalue weighted by Crippen LogP contribution is 2.28. The lowest BCUT2D eigenvalue weighted by atomic mass is 10.00. The van der Waals surface area contributed by atoms with Gasteiger partial charge in [0.2, 0.25) is 5.91 Å². The first-order chi connectivity index (χ1) is 13.5. The predicted molar refractivity (Wildman–Crippen MR) is 112 cm³/mol. The Morgan fingerprint density at radius 1 is 0.786 bits per heavy atom. The van der Waals surface area contributed by atoms with Crippen molar-refractivity contribution in [3.05, 3.63) is 84.6 Å². The molecule has 0 saturated heterocycles. The lowest BCUT2D eigenvalue weighted by Crippen LogP contribution is -2.07. The molecule has 138 valence electrons. The van der Waals surface area contributed by atoms with E-state index in [1.54, 1.807) is 18.4 Å². The highest BCUT2D eigenvalue weighted by molar-refractivity contribution is 6.00. The number of aromatic amines is 1. The van der Waals surface area contributed by atoms with Crippen molar-refractivity contribution in [1.82, 2.24) is 9.55 Å². The monoisotopic (exact) mass is 368 g/mol. The molecule has 0 aliphatic carbocycles. The molecule has 0 saturated carbocycles. The number of hydrogen-bond donors (Lipinski definition) is 1. The van der Waals surface area contributed by atoms with Crippen molar-refractivity contribution in [1.29, 1.82) is 0 Å². The average molecular weight is 368 g/mol. The van der Waals surface area contributed by atoms with Crippen LogP contribution in [0.4, 0.5) is 0 Å². The average Bonchev–Trinajstić information content (AvgIpc) is 2.69. The summed E-state index contributed by atoms with van der Waals surface area (Å²) in [6.07, 6.45) is 1.82. The minimum atomic E-state index is -0.0726. The van der Waals surface area contributed by atoms with Crippen molar-refractivity contribution in [3.8, 4) is 22.5 Å². The molecular weight excluding hydrogens is 348 g/mol. The number of ketones is 1. The molecule has 0 radical (unpaired) electrons. The number of benzene rings is 2. The Labute approximate surface area is 163 Å². The third kappa shape index (κ3) is 3.21. The van der Waals surface area contributed by atoms with Gasteiger partial charge in [0.15, 0.2) is 5.78 Å². The number of rotatable bonds is 2. The summed E-state index contributed by atoms with van der Waals surface area (Å²) < 4.78 is 1.65. The van der Waals surface area contributed by atoms with E-state index in [0.717, 1.165) is 33.4 Å². The number of para-hydroxylation sites is 1. The highest BCUT2D eigenvalue weighted by Gasteiger charge is 2.11. The number of carbonyl (C=O) groups excluding carboxylic acids is 2. The number of H-pyrrole nitrogens is 1. The van der Waals surface area contributed by atoms with Gasteiger partial charge in [-0.1, -0.05) is 60.7 Å². The van der Waals surface area contributed by atoms with E-state index >= 15 is 0 Å². The van der Waals surface area contributed by atoms with Gasteiger partial charge in [0, 0.05) is 29.9 Å². The number of nitrogens with zero attached hydrogens (tertiary/aromatic N) is 1. The predicted octanol–water partition coefficient (Wildman–Crippen LogP) is 5.73. The fraction of sp³-hybridized carbons (Fsp3) is 0.0833. The summed E-state index contributed by atoms with van der Waals surface area (Å²) in [6, 6.07) is 23.3. The molecule has 4 rings (SSSR count). The van der Waals surface area contributed by atoms with Crippen molar-refractivity contribution in [2.75, 3.05) is 0 Å². The van der Waals surface area contributed by atoms with E-state index in [1.807, 2.05) is 79.0 Å². The van der Waals surface area contributed by atoms with Gasteiger partial charge >= 0.3 is 0 Å². The van der Waals surface area contributed by atoms with E-state index in [1.165, 1.54) is 0 Å². The summed E-state index contributed by atoms with van der Waals surface area (Å²) in [7, 11) is 0. The van der Waals surface area contributed by atoms with Gasteiger partial charge in [0.05, 0.1) is 11.2 Å². The number of Topliss-reactive ketones (excluding diaryl/α,β-unsaturated/α-hetero) is 1. The number of pyridine rings is 1. The SMILES string of the molecule is CC(=O)c1ccccc1-c1ccc2ccc3ccccc3n(C(C)=O)cc-2[nH]1. The zero-order chi connectivity index (χ0) is 19.7. The highest BCUT2D eigenvalue weighted by atomic mass is 16.1. The zero-order valence-electron chi connectivity index (χ0n) is 15.8. The van der Waals surface area contributed by atoms with Crippen LogP contribution in [0, 0.1) is 0 Å². The summed E-state index contributed by atoms with van der Waals surface area (Å²) in [5.74, 6) is -0.0597. The first kappa shape index (κ1) is 17.7. The molecule has 0 unspecified atom stereocenters. The van der Waals surface area contributed by atoms with Crippen LogP contribution < -0.4 is 0 Å². The fourth-order valence-electron chi connectivity index (χ4n) is 3.44. The Morgan fingerprint density at radius 2 is 1.50 bits per heavy atom. The first-order valence-corrected chi connectivity index (χ1v) is 9.13. The van der Waals surface area contributed by atoms with E-state index in [4.69, 9.17) is 0 Å². The van der Waals surface area contributed by atoms with Crippen molar-refractivity contribution in [3.63, 3.8) is 0 Å². The molecule has 2 aliphatic heterocycles. The van der Waals surface area contributed by atoms with E-state index in [2.05, 4.69) is 4.98 Å². The van der Waals surface area contributed by atoms with Gasteiger partial charge in [-0.3, -0.25) is 14.2 Å².